The van der Waals surface area contributed by atoms with E-state index in [-0.39, 0.29) is 6.61 Å². The summed E-state index contributed by atoms with van der Waals surface area (Å²) in [6.07, 6.45) is -0.300. The molecule has 0 radical (unpaired) electrons. The molecule has 0 aliphatic rings. The van der Waals surface area contributed by atoms with Crippen LogP contribution in [0.2, 0.25) is 0 Å². The van der Waals surface area contributed by atoms with Crippen molar-refractivity contribution in [3.8, 4) is 5.75 Å². The molecule has 25 heavy (non-hydrogen) atoms. The number of ether oxygens (including phenoxy) is 2. The summed E-state index contributed by atoms with van der Waals surface area (Å²) < 4.78 is 11.6. The Hall–Kier alpha value is -2.34. The summed E-state index contributed by atoms with van der Waals surface area (Å²) in [4.78, 5) is 24.0. The molecule has 2 rings (SSSR count). The average molecular weight is 406 g/mol. The second-order valence-corrected chi connectivity index (χ2v) is 6.30. The Morgan fingerprint density at radius 1 is 1.16 bits per heavy atom. The van der Waals surface area contributed by atoms with Crippen molar-refractivity contribution in [1.29, 1.82) is 0 Å². The van der Waals surface area contributed by atoms with E-state index >= 15 is 0 Å². The van der Waals surface area contributed by atoms with Gasteiger partial charge in [0.25, 0.3) is 5.91 Å². The number of carbonyl (C=O) groups excluding carboxylic acids is 2. The van der Waals surface area contributed by atoms with E-state index in [4.69, 9.17) is 9.47 Å². The summed E-state index contributed by atoms with van der Waals surface area (Å²) in [6, 6.07) is 14.5. The second kappa shape index (κ2) is 9.22. The van der Waals surface area contributed by atoms with Crippen molar-refractivity contribution in [3.05, 3.63) is 58.6 Å². The number of halogens is 1. The van der Waals surface area contributed by atoms with Gasteiger partial charge in [-0.2, -0.15) is 0 Å². The Bertz CT molecular complexity index is 733. The third-order valence-corrected chi connectivity index (χ3v) is 4.33. The third-order valence-electron chi connectivity index (χ3n) is 3.44. The van der Waals surface area contributed by atoms with Gasteiger partial charge in [0.05, 0.1) is 0 Å². The fourth-order valence-corrected chi connectivity index (χ4v) is 2.36. The maximum absolute atomic E-state index is 12.1. The molecule has 0 aromatic heterocycles. The van der Waals surface area contributed by atoms with Crippen LogP contribution in [0.4, 0.5) is 5.69 Å². The van der Waals surface area contributed by atoms with Gasteiger partial charge in [-0.25, -0.2) is 4.79 Å². The molecule has 0 spiro atoms. The lowest BCUT2D eigenvalue weighted by Gasteiger charge is -2.16. The molecular weight excluding hydrogens is 386 g/mol. The van der Waals surface area contributed by atoms with Gasteiger partial charge >= 0.3 is 5.97 Å². The minimum absolute atomic E-state index is 0.359. The summed E-state index contributed by atoms with van der Waals surface area (Å²) in [5.74, 6) is -0.376. The van der Waals surface area contributed by atoms with Crippen LogP contribution in [0.15, 0.2) is 53.0 Å². The molecular formula is C19H20BrNO4. The highest BCUT2D eigenvalue weighted by molar-refractivity contribution is 9.10. The normalized spacial score (nSPS) is 11.5. The largest absolute Gasteiger partial charge is 0.479 e. The molecule has 0 unspecified atom stereocenters. The summed E-state index contributed by atoms with van der Waals surface area (Å²) in [6.45, 7) is 3.38. The van der Waals surface area contributed by atoms with Gasteiger partial charge in [-0.1, -0.05) is 41.1 Å². The zero-order chi connectivity index (χ0) is 18.2. The van der Waals surface area contributed by atoms with Crippen LogP contribution in [0.5, 0.6) is 5.75 Å². The van der Waals surface area contributed by atoms with Crippen molar-refractivity contribution in [2.75, 3.05) is 11.9 Å². The number of hydrogen-bond acceptors (Lipinski definition) is 4. The predicted molar refractivity (Wildman–Crippen MR) is 99.6 cm³/mol. The predicted octanol–water partition coefficient (Wildman–Crippen LogP) is 4.10. The molecule has 0 saturated carbocycles. The number of esters is 1. The van der Waals surface area contributed by atoms with E-state index in [0.717, 1.165) is 10.0 Å². The maximum atomic E-state index is 12.1. The quantitative estimate of drug-likeness (QED) is 0.704. The third kappa shape index (κ3) is 5.90. The topological polar surface area (TPSA) is 64.6 Å². The van der Waals surface area contributed by atoms with Crippen LogP contribution >= 0.6 is 15.9 Å². The first-order valence-corrected chi connectivity index (χ1v) is 8.73. The molecule has 2 aromatic rings. The molecule has 0 fully saturated rings. The number of anilines is 1. The van der Waals surface area contributed by atoms with E-state index in [1.165, 1.54) is 0 Å². The number of carbonyl (C=O) groups is 2. The van der Waals surface area contributed by atoms with Crippen LogP contribution in [-0.4, -0.2) is 24.6 Å². The molecule has 0 aliphatic heterocycles. The van der Waals surface area contributed by atoms with Crippen molar-refractivity contribution in [2.24, 2.45) is 0 Å². The highest BCUT2D eigenvalue weighted by Crippen LogP contribution is 2.20. The molecule has 0 bridgehead atoms. The number of para-hydroxylation sites is 1. The van der Waals surface area contributed by atoms with Crippen molar-refractivity contribution >= 4 is 33.5 Å². The van der Waals surface area contributed by atoms with Gasteiger partial charge in [0.2, 0.25) is 0 Å². The van der Waals surface area contributed by atoms with Crippen molar-refractivity contribution in [2.45, 2.75) is 26.4 Å². The fraction of sp³-hybridized carbons (Fsp3) is 0.263. The Kier molecular flexibility index (Phi) is 7.01. The van der Waals surface area contributed by atoms with Gasteiger partial charge in [0, 0.05) is 10.2 Å². The molecule has 132 valence electrons. The van der Waals surface area contributed by atoms with E-state index in [2.05, 4.69) is 21.2 Å². The first-order chi connectivity index (χ1) is 12.0. The molecule has 1 amide bonds. The summed E-state index contributed by atoms with van der Waals surface area (Å²) in [5.41, 5.74) is 1.64. The van der Waals surface area contributed by atoms with E-state index in [9.17, 15) is 9.59 Å². The Morgan fingerprint density at radius 3 is 2.52 bits per heavy atom. The van der Waals surface area contributed by atoms with Crippen molar-refractivity contribution < 1.29 is 19.1 Å². The molecule has 2 aromatic carbocycles. The average Bonchev–Trinajstić information content (AvgIpc) is 2.61. The van der Waals surface area contributed by atoms with Gasteiger partial charge in [0.1, 0.15) is 5.75 Å². The van der Waals surface area contributed by atoms with Crippen molar-refractivity contribution in [1.82, 2.24) is 0 Å². The number of hydrogen-bond donors (Lipinski definition) is 1. The van der Waals surface area contributed by atoms with E-state index in [0.29, 0.717) is 17.9 Å². The minimum atomic E-state index is -0.745. The van der Waals surface area contributed by atoms with Crippen LogP contribution in [0.1, 0.15) is 18.9 Å². The van der Waals surface area contributed by atoms with Gasteiger partial charge in [-0.05, 0) is 49.2 Å². The van der Waals surface area contributed by atoms with Gasteiger partial charge in [-0.15, -0.1) is 0 Å². The van der Waals surface area contributed by atoms with Crippen LogP contribution < -0.4 is 10.1 Å². The number of amides is 1. The molecule has 6 heteroatoms. The maximum Gasteiger partial charge on any atom is 0.347 e. The summed E-state index contributed by atoms with van der Waals surface area (Å²) in [7, 11) is 0. The molecule has 0 aliphatic carbocycles. The van der Waals surface area contributed by atoms with Crippen LogP contribution in [0.3, 0.4) is 0 Å². The molecule has 1 atom stereocenters. The van der Waals surface area contributed by atoms with Crippen LogP contribution in [-0.2, 0) is 14.3 Å². The highest BCUT2D eigenvalue weighted by atomic mass is 79.9. The van der Waals surface area contributed by atoms with E-state index in [1.54, 1.807) is 18.2 Å². The zero-order valence-electron chi connectivity index (χ0n) is 14.1. The Labute approximate surface area is 155 Å². The number of nitrogens with one attached hydrogen (secondary N) is 1. The fourth-order valence-electron chi connectivity index (χ4n) is 2.11. The second-order valence-electron chi connectivity index (χ2n) is 5.45. The highest BCUT2D eigenvalue weighted by Gasteiger charge is 2.21. The lowest BCUT2D eigenvalue weighted by Crippen LogP contribution is -2.31. The lowest BCUT2D eigenvalue weighted by atomic mass is 10.2. The molecule has 0 saturated heterocycles. The lowest BCUT2D eigenvalue weighted by molar-refractivity contribution is -0.154. The van der Waals surface area contributed by atoms with Crippen LogP contribution in [0, 0.1) is 6.92 Å². The summed E-state index contributed by atoms with van der Waals surface area (Å²) in [5, 5.41) is 2.69. The Morgan fingerprint density at radius 2 is 1.88 bits per heavy atom. The zero-order valence-corrected chi connectivity index (χ0v) is 15.7. The van der Waals surface area contributed by atoms with E-state index in [1.807, 2.05) is 44.2 Å². The number of rotatable bonds is 7. The van der Waals surface area contributed by atoms with Gasteiger partial charge < -0.3 is 14.8 Å². The number of benzene rings is 2. The Balaban J connectivity index is 1.84. The monoisotopic (exact) mass is 405 g/mol. The van der Waals surface area contributed by atoms with Gasteiger partial charge in [-0.3, -0.25) is 4.79 Å². The summed E-state index contributed by atoms with van der Waals surface area (Å²) >= 11 is 3.40. The van der Waals surface area contributed by atoms with Crippen molar-refractivity contribution in [3.63, 3.8) is 0 Å². The molecule has 0 heterocycles. The molecule has 1 N–H and O–H groups in total. The standard InChI is InChI=1S/C19H20BrNO4/c1-3-17(25-15-7-5-4-6-8-15)19(23)24-12-18(22)21-14-9-10-16(20)13(2)11-14/h4-11,17H,3,12H2,1-2H3,(H,21,22)/t17-/m0/s1. The van der Waals surface area contributed by atoms with E-state index < -0.39 is 18.0 Å². The first kappa shape index (κ1) is 19.0. The number of aryl methyl sites for hydroxylation is 1. The van der Waals surface area contributed by atoms with Crippen LogP contribution in [0.25, 0.3) is 0 Å². The minimum Gasteiger partial charge on any atom is -0.479 e. The smallest absolute Gasteiger partial charge is 0.347 e. The molecule has 5 nitrogen and oxygen atoms in total. The first-order valence-electron chi connectivity index (χ1n) is 7.94. The SMILES string of the molecule is CC[C@H](Oc1ccccc1)C(=O)OCC(=O)Nc1ccc(Br)c(C)c1. The van der Waals surface area contributed by atoms with Gasteiger partial charge in [0.15, 0.2) is 12.7 Å².